The summed E-state index contributed by atoms with van der Waals surface area (Å²) in [7, 11) is 1.71. The van der Waals surface area contributed by atoms with Crippen molar-refractivity contribution in [1.29, 1.82) is 0 Å². The molecule has 0 bridgehead atoms. The Morgan fingerprint density at radius 3 is 2.64 bits per heavy atom. The minimum Gasteiger partial charge on any atom is -0.377 e. The van der Waals surface area contributed by atoms with E-state index in [-0.39, 0.29) is 5.60 Å². The first kappa shape index (κ1) is 11.2. The number of hydrogen-bond donors (Lipinski definition) is 1. The Bertz CT molecular complexity index is 292. The number of methoxy groups -OCH3 is 1. The van der Waals surface area contributed by atoms with E-state index in [0.717, 1.165) is 6.42 Å². The van der Waals surface area contributed by atoms with Gasteiger partial charge in [-0.3, -0.25) is 0 Å². The third kappa shape index (κ3) is 2.82. The number of rotatable bonds is 4. The van der Waals surface area contributed by atoms with E-state index in [1.54, 1.807) is 7.11 Å². The maximum Gasteiger partial charge on any atom is 0.0812 e. The summed E-state index contributed by atoms with van der Waals surface area (Å²) in [4.78, 5) is 0. The van der Waals surface area contributed by atoms with Crippen LogP contribution in [-0.4, -0.2) is 19.3 Å². The highest BCUT2D eigenvalue weighted by Gasteiger charge is 2.21. The van der Waals surface area contributed by atoms with Gasteiger partial charge in [0.1, 0.15) is 0 Å². The molecule has 0 aliphatic rings. The van der Waals surface area contributed by atoms with Gasteiger partial charge in [0.05, 0.1) is 5.60 Å². The molecule has 0 aliphatic heterocycles. The molecule has 0 radical (unpaired) electrons. The number of ether oxygens (including phenoxy) is 1. The number of aryl methyl sites for hydroxylation is 1. The molecule has 0 aliphatic carbocycles. The Balaban J connectivity index is 2.77. The van der Waals surface area contributed by atoms with Crippen LogP contribution in [0.25, 0.3) is 0 Å². The van der Waals surface area contributed by atoms with Crippen LogP contribution >= 0.6 is 0 Å². The standard InChI is InChI=1S/C12H19NO/c1-10-5-4-6-11(7-10)8-12(2,9-13)14-3/h4-7H,8-9,13H2,1-3H3. The summed E-state index contributed by atoms with van der Waals surface area (Å²) in [6, 6.07) is 8.44. The molecule has 14 heavy (non-hydrogen) atoms. The van der Waals surface area contributed by atoms with E-state index in [1.165, 1.54) is 11.1 Å². The normalized spacial score (nSPS) is 15.1. The van der Waals surface area contributed by atoms with Crippen molar-refractivity contribution in [2.45, 2.75) is 25.9 Å². The van der Waals surface area contributed by atoms with Crippen molar-refractivity contribution in [3.63, 3.8) is 0 Å². The van der Waals surface area contributed by atoms with Crippen molar-refractivity contribution in [3.8, 4) is 0 Å². The van der Waals surface area contributed by atoms with Gasteiger partial charge in [0.15, 0.2) is 0 Å². The van der Waals surface area contributed by atoms with Crippen LogP contribution in [0.2, 0.25) is 0 Å². The molecule has 0 saturated carbocycles. The van der Waals surface area contributed by atoms with Crippen LogP contribution in [-0.2, 0) is 11.2 Å². The molecule has 0 fully saturated rings. The van der Waals surface area contributed by atoms with Crippen LogP contribution in [0.1, 0.15) is 18.1 Å². The van der Waals surface area contributed by atoms with E-state index in [0.29, 0.717) is 6.54 Å². The van der Waals surface area contributed by atoms with Gasteiger partial charge in [-0.05, 0) is 19.4 Å². The highest BCUT2D eigenvalue weighted by Crippen LogP contribution is 2.16. The van der Waals surface area contributed by atoms with Crippen molar-refractivity contribution >= 4 is 0 Å². The topological polar surface area (TPSA) is 35.2 Å². The van der Waals surface area contributed by atoms with Gasteiger partial charge in [-0.2, -0.15) is 0 Å². The lowest BCUT2D eigenvalue weighted by Crippen LogP contribution is -2.38. The Morgan fingerprint density at radius 2 is 2.14 bits per heavy atom. The Labute approximate surface area is 86.1 Å². The van der Waals surface area contributed by atoms with Crippen LogP contribution in [0.15, 0.2) is 24.3 Å². The zero-order chi connectivity index (χ0) is 10.6. The highest BCUT2D eigenvalue weighted by atomic mass is 16.5. The number of benzene rings is 1. The third-order valence-electron chi connectivity index (χ3n) is 2.59. The molecule has 2 N–H and O–H groups in total. The molecule has 1 unspecified atom stereocenters. The zero-order valence-electron chi connectivity index (χ0n) is 9.21. The van der Waals surface area contributed by atoms with Gasteiger partial charge in [0.25, 0.3) is 0 Å². The summed E-state index contributed by atoms with van der Waals surface area (Å²) in [5, 5.41) is 0. The fourth-order valence-corrected chi connectivity index (χ4v) is 1.48. The van der Waals surface area contributed by atoms with E-state index < -0.39 is 0 Å². The van der Waals surface area contributed by atoms with Gasteiger partial charge in [-0.15, -0.1) is 0 Å². The second-order valence-electron chi connectivity index (χ2n) is 4.02. The fourth-order valence-electron chi connectivity index (χ4n) is 1.48. The van der Waals surface area contributed by atoms with Crippen LogP contribution < -0.4 is 5.73 Å². The van der Waals surface area contributed by atoms with Gasteiger partial charge >= 0.3 is 0 Å². The summed E-state index contributed by atoms with van der Waals surface area (Å²) in [6.07, 6.45) is 0.863. The summed E-state index contributed by atoms with van der Waals surface area (Å²) < 4.78 is 5.41. The average Bonchev–Trinajstić information content (AvgIpc) is 2.18. The first-order valence-electron chi connectivity index (χ1n) is 4.90. The molecule has 0 aromatic heterocycles. The zero-order valence-corrected chi connectivity index (χ0v) is 9.21. The first-order chi connectivity index (χ1) is 6.59. The quantitative estimate of drug-likeness (QED) is 0.792. The van der Waals surface area contributed by atoms with E-state index in [9.17, 15) is 0 Å². The second kappa shape index (κ2) is 4.58. The summed E-state index contributed by atoms with van der Waals surface area (Å²) in [5.74, 6) is 0. The maximum absolute atomic E-state index is 5.68. The Kier molecular flexibility index (Phi) is 3.67. The molecule has 2 heteroatoms. The predicted molar refractivity (Wildman–Crippen MR) is 59.4 cm³/mol. The first-order valence-corrected chi connectivity index (χ1v) is 4.90. The SMILES string of the molecule is COC(C)(CN)Cc1cccc(C)c1. The second-order valence-corrected chi connectivity index (χ2v) is 4.02. The molecule has 1 rings (SSSR count). The monoisotopic (exact) mass is 193 g/mol. The van der Waals surface area contributed by atoms with Crippen LogP contribution in [0.4, 0.5) is 0 Å². The molecule has 1 aromatic rings. The molecule has 0 spiro atoms. The summed E-state index contributed by atoms with van der Waals surface area (Å²) >= 11 is 0. The van der Waals surface area contributed by atoms with Gasteiger partial charge in [0.2, 0.25) is 0 Å². The third-order valence-corrected chi connectivity index (χ3v) is 2.59. The van der Waals surface area contributed by atoms with Gasteiger partial charge in [0, 0.05) is 20.1 Å². The van der Waals surface area contributed by atoms with Crippen molar-refractivity contribution in [2.75, 3.05) is 13.7 Å². The summed E-state index contributed by atoms with van der Waals surface area (Å²) in [5.41, 5.74) is 7.99. The minimum atomic E-state index is -0.242. The van der Waals surface area contributed by atoms with Crippen molar-refractivity contribution in [1.82, 2.24) is 0 Å². The summed E-state index contributed by atoms with van der Waals surface area (Å²) in [6.45, 7) is 4.67. The van der Waals surface area contributed by atoms with Crippen molar-refractivity contribution in [2.24, 2.45) is 5.73 Å². The van der Waals surface area contributed by atoms with Gasteiger partial charge in [-0.25, -0.2) is 0 Å². The number of nitrogens with two attached hydrogens (primary N) is 1. The molecule has 0 heterocycles. The molecule has 2 nitrogen and oxygen atoms in total. The molecule has 0 saturated heterocycles. The largest absolute Gasteiger partial charge is 0.377 e. The molecule has 1 atom stereocenters. The predicted octanol–water partition coefficient (Wildman–Crippen LogP) is 1.90. The van der Waals surface area contributed by atoms with Gasteiger partial charge < -0.3 is 10.5 Å². The Hall–Kier alpha value is -0.860. The van der Waals surface area contributed by atoms with Gasteiger partial charge in [-0.1, -0.05) is 29.8 Å². The van der Waals surface area contributed by atoms with E-state index >= 15 is 0 Å². The van der Waals surface area contributed by atoms with Crippen LogP contribution in [0, 0.1) is 6.92 Å². The molecular weight excluding hydrogens is 174 g/mol. The van der Waals surface area contributed by atoms with E-state index in [1.807, 2.05) is 6.92 Å². The lowest BCUT2D eigenvalue weighted by molar-refractivity contribution is 0.0143. The average molecular weight is 193 g/mol. The van der Waals surface area contributed by atoms with Crippen LogP contribution in [0.3, 0.4) is 0 Å². The van der Waals surface area contributed by atoms with Crippen molar-refractivity contribution in [3.05, 3.63) is 35.4 Å². The number of hydrogen-bond acceptors (Lipinski definition) is 2. The highest BCUT2D eigenvalue weighted by molar-refractivity contribution is 5.23. The smallest absolute Gasteiger partial charge is 0.0812 e. The molecule has 78 valence electrons. The maximum atomic E-state index is 5.68. The molecule has 0 amide bonds. The van der Waals surface area contributed by atoms with Crippen LogP contribution in [0.5, 0.6) is 0 Å². The fraction of sp³-hybridized carbons (Fsp3) is 0.500. The molecular formula is C12H19NO. The van der Waals surface area contributed by atoms with E-state index in [4.69, 9.17) is 10.5 Å². The van der Waals surface area contributed by atoms with E-state index in [2.05, 4.69) is 31.2 Å². The lowest BCUT2D eigenvalue weighted by Gasteiger charge is -2.26. The lowest BCUT2D eigenvalue weighted by atomic mass is 9.95. The Morgan fingerprint density at radius 1 is 1.43 bits per heavy atom. The molecule has 1 aromatic carbocycles. The minimum absolute atomic E-state index is 0.242. The van der Waals surface area contributed by atoms with Crippen molar-refractivity contribution < 1.29 is 4.74 Å².